The van der Waals surface area contributed by atoms with Crippen molar-refractivity contribution in [3.8, 4) is 6.07 Å². The molecular formula is C23H25FN4O. The number of carbonyl (C=O) groups is 1. The summed E-state index contributed by atoms with van der Waals surface area (Å²) in [5.41, 5.74) is 2.38. The maximum atomic E-state index is 13.2. The Labute approximate surface area is 170 Å². The van der Waals surface area contributed by atoms with Gasteiger partial charge in [-0.3, -0.25) is 4.90 Å². The molecule has 2 atom stereocenters. The van der Waals surface area contributed by atoms with Crippen molar-refractivity contribution in [2.75, 3.05) is 5.32 Å². The summed E-state index contributed by atoms with van der Waals surface area (Å²) in [6, 6.07) is 16.5. The first-order valence-electron chi connectivity index (χ1n) is 10.2. The summed E-state index contributed by atoms with van der Waals surface area (Å²) in [6.07, 6.45) is 5.34. The number of rotatable bonds is 4. The SMILES string of the molecule is N#Cc1ccc(NC(=O)NC2C[C@H]3CCC[C@H](C2)N3Cc2ccc(F)cc2)cc1. The van der Waals surface area contributed by atoms with Crippen molar-refractivity contribution in [1.82, 2.24) is 10.2 Å². The topological polar surface area (TPSA) is 68.2 Å². The van der Waals surface area contributed by atoms with Gasteiger partial charge in [-0.05, 0) is 67.6 Å². The van der Waals surface area contributed by atoms with Gasteiger partial charge in [0, 0.05) is 30.4 Å². The minimum absolute atomic E-state index is 0.146. The zero-order valence-electron chi connectivity index (χ0n) is 16.3. The molecular weight excluding hydrogens is 367 g/mol. The number of amides is 2. The van der Waals surface area contributed by atoms with Crippen LogP contribution in [0.4, 0.5) is 14.9 Å². The number of hydrogen-bond acceptors (Lipinski definition) is 3. The van der Waals surface area contributed by atoms with Crippen LogP contribution in [0.3, 0.4) is 0 Å². The number of nitriles is 1. The van der Waals surface area contributed by atoms with Crippen LogP contribution < -0.4 is 10.6 Å². The van der Waals surface area contributed by atoms with E-state index in [1.54, 1.807) is 24.3 Å². The number of benzene rings is 2. The van der Waals surface area contributed by atoms with Gasteiger partial charge < -0.3 is 10.6 Å². The molecule has 2 aliphatic heterocycles. The smallest absolute Gasteiger partial charge is 0.319 e. The molecule has 2 amide bonds. The fourth-order valence-corrected chi connectivity index (χ4v) is 4.64. The van der Waals surface area contributed by atoms with Gasteiger partial charge in [-0.2, -0.15) is 5.26 Å². The van der Waals surface area contributed by atoms with E-state index in [4.69, 9.17) is 5.26 Å². The summed E-state index contributed by atoms with van der Waals surface area (Å²) >= 11 is 0. The molecule has 2 N–H and O–H groups in total. The average molecular weight is 392 g/mol. The predicted molar refractivity (Wildman–Crippen MR) is 110 cm³/mol. The van der Waals surface area contributed by atoms with Gasteiger partial charge in [-0.1, -0.05) is 18.6 Å². The van der Waals surface area contributed by atoms with Gasteiger partial charge in [0.1, 0.15) is 5.82 Å². The molecule has 2 heterocycles. The van der Waals surface area contributed by atoms with E-state index in [0.29, 0.717) is 23.3 Å². The van der Waals surface area contributed by atoms with Gasteiger partial charge in [-0.25, -0.2) is 9.18 Å². The van der Waals surface area contributed by atoms with Crippen molar-refractivity contribution in [3.63, 3.8) is 0 Å². The lowest BCUT2D eigenvalue weighted by atomic mass is 9.81. The van der Waals surface area contributed by atoms with Crippen molar-refractivity contribution >= 4 is 11.7 Å². The van der Waals surface area contributed by atoms with Crippen molar-refractivity contribution < 1.29 is 9.18 Å². The first-order chi connectivity index (χ1) is 14.1. The van der Waals surface area contributed by atoms with E-state index in [1.165, 1.54) is 18.6 Å². The van der Waals surface area contributed by atoms with E-state index in [9.17, 15) is 9.18 Å². The number of carbonyl (C=O) groups excluding carboxylic acids is 1. The standard InChI is InChI=1S/C23H25FN4O/c24-18-8-4-17(5-9-18)15-28-21-2-1-3-22(28)13-20(12-21)27-23(29)26-19-10-6-16(14-25)7-11-19/h4-11,20-22H,1-3,12-13,15H2,(H2,26,27,29)/t21-,22-/m1/s1. The molecule has 2 saturated heterocycles. The number of fused-ring (bicyclic) bond motifs is 2. The molecule has 2 aromatic rings. The van der Waals surface area contributed by atoms with Gasteiger partial charge in [0.05, 0.1) is 11.6 Å². The summed E-state index contributed by atoms with van der Waals surface area (Å²) in [7, 11) is 0. The van der Waals surface area contributed by atoms with E-state index in [-0.39, 0.29) is 17.9 Å². The van der Waals surface area contributed by atoms with Gasteiger partial charge in [0.2, 0.25) is 0 Å². The van der Waals surface area contributed by atoms with Crippen LogP contribution in [0.25, 0.3) is 0 Å². The molecule has 2 fully saturated rings. The van der Waals surface area contributed by atoms with Crippen LogP contribution in [0.1, 0.15) is 43.2 Å². The quantitative estimate of drug-likeness (QED) is 0.810. The fraction of sp³-hybridized carbons (Fsp3) is 0.391. The molecule has 5 nitrogen and oxygen atoms in total. The Morgan fingerprint density at radius 1 is 1.07 bits per heavy atom. The van der Waals surface area contributed by atoms with E-state index in [2.05, 4.69) is 21.6 Å². The summed E-state index contributed by atoms with van der Waals surface area (Å²) < 4.78 is 13.2. The third-order valence-corrected chi connectivity index (χ3v) is 6.01. The Balaban J connectivity index is 1.34. The molecule has 0 radical (unpaired) electrons. The van der Waals surface area contributed by atoms with Gasteiger partial charge in [0.15, 0.2) is 0 Å². The third-order valence-electron chi connectivity index (χ3n) is 6.01. The molecule has 4 rings (SSSR count). The monoisotopic (exact) mass is 392 g/mol. The third kappa shape index (κ3) is 4.75. The van der Waals surface area contributed by atoms with Gasteiger partial charge in [0.25, 0.3) is 0 Å². The second-order valence-electron chi connectivity index (χ2n) is 7.99. The molecule has 0 aliphatic carbocycles. The van der Waals surface area contributed by atoms with Crippen molar-refractivity contribution in [2.45, 2.75) is 56.8 Å². The lowest BCUT2D eigenvalue weighted by Gasteiger charge is -2.49. The van der Waals surface area contributed by atoms with Crippen molar-refractivity contribution in [3.05, 3.63) is 65.5 Å². The molecule has 29 heavy (non-hydrogen) atoms. The first-order valence-corrected chi connectivity index (χ1v) is 10.2. The lowest BCUT2D eigenvalue weighted by molar-refractivity contribution is 0.0200. The van der Waals surface area contributed by atoms with Crippen LogP contribution in [0.2, 0.25) is 0 Å². The summed E-state index contributed by atoms with van der Waals surface area (Å²) in [5.74, 6) is -0.204. The summed E-state index contributed by atoms with van der Waals surface area (Å²) in [5, 5.41) is 14.8. The summed E-state index contributed by atoms with van der Waals surface area (Å²) in [4.78, 5) is 15.0. The number of piperidine rings is 2. The second kappa shape index (κ2) is 8.62. The Morgan fingerprint density at radius 3 is 2.34 bits per heavy atom. The number of halogens is 1. The molecule has 0 spiro atoms. The first kappa shape index (κ1) is 19.4. The maximum absolute atomic E-state index is 13.2. The Morgan fingerprint density at radius 2 is 1.72 bits per heavy atom. The fourth-order valence-electron chi connectivity index (χ4n) is 4.64. The highest BCUT2D eigenvalue weighted by Gasteiger charge is 2.38. The van der Waals surface area contributed by atoms with Crippen LogP contribution in [0.5, 0.6) is 0 Å². The number of anilines is 1. The molecule has 0 saturated carbocycles. The van der Waals surface area contributed by atoms with Crippen LogP contribution >= 0.6 is 0 Å². The molecule has 150 valence electrons. The van der Waals surface area contributed by atoms with Crippen molar-refractivity contribution in [1.29, 1.82) is 5.26 Å². The van der Waals surface area contributed by atoms with E-state index < -0.39 is 0 Å². The van der Waals surface area contributed by atoms with E-state index in [0.717, 1.165) is 37.8 Å². The largest absolute Gasteiger partial charge is 0.335 e. The molecule has 2 bridgehead atoms. The number of hydrogen-bond donors (Lipinski definition) is 2. The number of nitrogens with zero attached hydrogens (tertiary/aromatic N) is 2. The van der Waals surface area contributed by atoms with Gasteiger partial charge >= 0.3 is 6.03 Å². The molecule has 0 unspecified atom stereocenters. The summed E-state index contributed by atoms with van der Waals surface area (Å²) in [6.45, 7) is 0.833. The molecule has 2 aromatic carbocycles. The van der Waals surface area contributed by atoms with Crippen LogP contribution in [0, 0.1) is 17.1 Å². The minimum atomic E-state index is -0.204. The Bertz CT molecular complexity index is 877. The highest BCUT2D eigenvalue weighted by molar-refractivity contribution is 5.89. The predicted octanol–water partition coefficient (Wildman–Crippen LogP) is 4.40. The maximum Gasteiger partial charge on any atom is 0.319 e. The normalized spacial score (nSPS) is 23.8. The molecule has 2 aliphatic rings. The molecule has 6 heteroatoms. The van der Waals surface area contributed by atoms with Crippen LogP contribution in [0.15, 0.2) is 48.5 Å². The van der Waals surface area contributed by atoms with Crippen LogP contribution in [-0.2, 0) is 6.54 Å². The Kier molecular flexibility index (Phi) is 5.77. The minimum Gasteiger partial charge on any atom is -0.335 e. The zero-order chi connectivity index (χ0) is 20.2. The van der Waals surface area contributed by atoms with Crippen LogP contribution in [-0.4, -0.2) is 29.1 Å². The van der Waals surface area contributed by atoms with Gasteiger partial charge in [-0.15, -0.1) is 0 Å². The zero-order valence-corrected chi connectivity index (χ0v) is 16.3. The molecule has 0 aromatic heterocycles. The highest BCUT2D eigenvalue weighted by atomic mass is 19.1. The second-order valence-corrected chi connectivity index (χ2v) is 7.99. The Hall–Kier alpha value is -2.91. The highest BCUT2D eigenvalue weighted by Crippen LogP contribution is 2.35. The van der Waals surface area contributed by atoms with Crippen molar-refractivity contribution in [2.24, 2.45) is 0 Å². The average Bonchev–Trinajstić information content (AvgIpc) is 2.71. The number of nitrogens with one attached hydrogen (secondary N) is 2. The lowest BCUT2D eigenvalue weighted by Crippen LogP contribution is -2.56. The van der Waals surface area contributed by atoms with E-state index >= 15 is 0 Å². The number of urea groups is 1. The van der Waals surface area contributed by atoms with E-state index in [1.807, 2.05) is 12.1 Å².